The van der Waals surface area contributed by atoms with Crippen LogP contribution in [0.25, 0.3) is 0 Å². The second-order valence-corrected chi connectivity index (χ2v) is 6.28. The summed E-state index contributed by atoms with van der Waals surface area (Å²) in [5.74, 6) is 0.156. The van der Waals surface area contributed by atoms with E-state index in [2.05, 4.69) is 21.6 Å². The lowest BCUT2D eigenvalue weighted by molar-refractivity contribution is -0.122. The summed E-state index contributed by atoms with van der Waals surface area (Å²) in [5, 5.41) is 6.55. The predicted molar refractivity (Wildman–Crippen MR) is 78.7 cm³/mol. The number of hydrogen-bond acceptors (Lipinski definition) is 3. The van der Waals surface area contributed by atoms with E-state index < -0.39 is 0 Å². The van der Waals surface area contributed by atoms with E-state index in [1.165, 1.54) is 18.4 Å². The standard InChI is InChI=1S/C16H21N3O/c20-16(15-9-11-3-1-2-4-14(11)18-15)17-12-7-8-19(10-12)13-5-6-13/h1-4,12-13,15,18H,5-10H2,(H,17,20). The van der Waals surface area contributed by atoms with Crippen LogP contribution in [0.1, 0.15) is 24.8 Å². The molecule has 4 nitrogen and oxygen atoms in total. The highest BCUT2D eigenvalue weighted by Crippen LogP contribution is 2.30. The lowest BCUT2D eigenvalue weighted by Gasteiger charge is -2.18. The van der Waals surface area contributed by atoms with Crippen molar-refractivity contribution in [3.63, 3.8) is 0 Å². The fraction of sp³-hybridized carbons (Fsp3) is 0.562. The van der Waals surface area contributed by atoms with Gasteiger partial charge in [-0.2, -0.15) is 0 Å². The number of likely N-dealkylation sites (tertiary alicyclic amines) is 1. The average molecular weight is 271 g/mol. The van der Waals surface area contributed by atoms with Crippen molar-refractivity contribution in [2.75, 3.05) is 18.4 Å². The SMILES string of the molecule is O=C(NC1CCN(C2CC2)C1)C1Cc2ccccc2N1. The summed E-state index contributed by atoms with van der Waals surface area (Å²) in [6.07, 6.45) is 4.60. The minimum absolute atomic E-state index is 0.0950. The van der Waals surface area contributed by atoms with Crippen LogP contribution >= 0.6 is 0 Å². The van der Waals surface area contributed by atoms with Gasteiger partial charge in [0.1, 0.15) is 6.04 Å². The minimum Gasteiger partial charge on any atom is -0.373 e. The summed E-state index contributed by atoms with van der Waals surface area (Å²) in [7, 11) is 0. The Kier molecular flexibility index (Phi) is 2.91. The Labute approximate surface area is 119 Å². The number of para-hydroxylation sites is 1. The third-order valence-electron chi connectivity index (χ3n) is 4.72. The van der Waals surface area contributed by atoms with Crippen LogP contribution in [0.15, 0.2) is 24.3 Å². The Bertz CT molecular complexity index is 501. The number of carbonyl (C=O) groups excluding carboxylic acids is 1. The Morgan fingerprint density at radius 1 is 1.25 bits per heavy atom. The van der Waals surface area contributed by atoms with E-state index >= 15 is 0 Å². The number of amides is 1. The molecule has 1 aromatic rings. The number of anilines is 1. The van der Waals surface area contributed by atoms with Crippen molar-refractivity contribution in [3.8, 4) is 0 Å². The molecule has 106 valence electrons. The second-order valence-electron chi connectivity index (χ2n) is 6.28. The molecule has 2 atom stereocenters. The highest BCUT2D eigenvalue weighted by molar-refractivity contribution is 5.87. The minimum atomic E-state index is -0.0950. The zero-order chi connectivity index (χ0) is 13.5. The van der Waals surface area contributed by atoms with E-state index in [0.29, 0.717) is 6.04 Å². The maximum absolute atomic E-state index is 12.4. The molecule has 1 amide bonds. The van der Waals surface area contributed by atoms with Crippen LogP contribution in [-0.2, 0) is 11.2 Å². The first-order valence-electron chi connectivity index (χ1n) is 7.68. The van der Waals surface area contributed by atoms with Gasteiger partial charge < -0.3 is 10.6 Å². The topological polar surface area (TPSA) is 44.4 Å². The Balaban J connectivity index is 1.33. The van der Waals surface area contributed by atoms with Crippen molar-refractivity contribution in [2.45, 2.75) is 43.8 Å². The molecule has 2 unspecified atom stereocenters. The molecule has 0 aromatic heterocycles. The molecule has 1 aromatic carbocycles. The molecule has 3 aliphatic rings. The number of nitrogens with one attached hydrogen (secondary N) is 2. The van der Waals surface area contributed by atoms with Gasteiger partial charge in [0.05, 0.1) is 0 Å². The zero-order valence-electron chi connectivity index (χ0n) is 11.6. The first-order valence-corrected chi connectivity index (χ1v) is 7.68. The normalized spacial score (nSPS) is 29.0. The molecule has 1 saturated heterocycles. The Hall–Kier alpha value is -1.55. The molecule has 2 aliphatic heterocycles. The Morgan fingerprint density at radius 3 is 2.90 bits per heavy atom. The highest BCUT2D eigenvalue weighted by atomic mass is 16.2. The maximum atomic E-state index is 12.4. The van der Waals surface area contributed by atoms with Gasteiger partial charge in [-0.1, -0.05) is 18.2 Å². The van der Waals surface area contributed by atoms with Gasteiger partial charge in [0.2, 0.25) is 5.91 Å². The third kappa shape index (κ3) is 2.29. The molecule has 20 heavy (non-hydrogen) atoms. The first kappa shape index (κ1) is 12.2. The fourth-order valence-electron chi connectivity index (χ4n) is 3.43. The quantitative estimate of drug-likeness (QED) is 0.873. The van der Waals surface area contributed by atoms with Gasteiger partial charge in [0.25, 0.3) is 0 Å². The van der Waals surface area contributed by atoms with Gasteiger partial charge >= 0.3 is 0 Å². The number of hydrogen-bond donors (Lipinski definition) is 2. The largest absolute Gasteiger partial charge is 0.373 e. The number of nitrogens with zero attached hydrogens (tertiary/aromatic N) is 1. The molecule has 4 rings (SSSR count). The smallest absolute Gasteiger partial charge is 0.243 e. The van der Waals surface area contributed by atoms with E-state index in [0.717, 1.165) is 37.7 Å². The average Bonchev–Trinajstić information content (AvgIpc) is 3.04. The summed E-state index contributed by atoms with van der Waals surface area (Å²) >= 11 is 0. The lowest BCUT2D eigenvalue weighted by Crippen LogP contribution is -2.45. The third-order valence-corrected chi connectivity index (χ3v) is 4.72. The van der Waals surface area contributed by atoms with Crippen molar-refractivity contribution < 1.29 is 4.79 Å². The van der Waals surface area contributed by atoms with Crippen molar-refractivity contribution >= 4 is 11.6 Å². The van der Waals surface area contributed by atoms with E-state index in [1.807, 2.05) is 18.2 Å². The van der Waals surface area contributed by atoms with Crippen molar-refractivity contribution in [1.29, 1.82) is 0 Å². The molecule has 4 heteroatoms. The highest BCUT2D eigenvalue weighted by Gasteiger charge is 2.36. The van der Waals surface area contributed by atoms with Crippen molar-refractivity contribution in [3.05, 3.63) is 29.8 Å². The molecule has 0 bridgehead atoms. The first-order chi connectivity index (χ1) is 9.79. The molecule has 1 aliphatic carbocycles. The molecular formula is C16H21N3O. The van der Waals surface area contributed by atoms with Crippen LogP contribution < -0.4 is 10.6 Å². The lowest BCUT2D eigenvalue weighted by atomic mass is 10.1. The number of rotatable bonds is 3. The Morgan fingerprint density at radius 2 is 2.10 bits per heavy atom. The molecule has 0 radical (unpaired) electrons. The summed E-state index contributed by atoms with van der Waals surface area (Å²) in [6, 6.07) is 9.25. The molecule has 2 fully saturated rings. The summed E-state index contributed by atoms with van der Waals surface area (Å²) in [6.45, 7) is 2.18. The maximum Gasteiger partial charge on any atom is 0.243 e. The summed E-state index contributed by atoms with van der Waals surface area (Å²) < 4.78 is 0. The van der Waals surface area contributed by atoms with Crippen molar-refractivity contribution in [2.24, 2.45) is 0 Å². The predicted octanol–water partition coefficient (Wildman–Crippen LogP) is 1.38. The van der Waals surface area contributed by atoms with Crippen LogP contribution in [0.3, 0.4) is 0 Å². The van der Waals surface area contributed by atoms with Crippen LogP contribution in [0, 0.1) is 0 Å². The van der Waals surface area contributed by atoms with E-state index in [4.69, 9.17) is 0 Å². The second kappa shape index (κ2) is 4.77. The fourth-order valence-corrected chi connectivity index (χ4v) is 3.43. The summed E-state index contributed by atoms with van der Waals surface area (Å²) in [5.41, 5.74) is 2.36. The van der Waals surface area contributed by atoms with Gasteiger partial charge in [-0.05, 0) is 30.9 Å². The van der Waals surface area contributed by atoms with Crippen LogP contribution in [0.4, 0.5) is 5.69 Å². The number of fused-ring (bicyclic) bond motifs is 1. The van der Waals surface area contributed by atoms with Gasteiger partial charge in [0.15, 0.2) is 0 Å². The van der Waals surface area contributed by atoms with Crippen molar-refractivity contribution in [1.82, 2.24) is 10.2 Å². The molecule has 2 N–H and O–H groups in total. The summed E-state index contributed by atoms with van der Waals surface area (Å²) in [4.78, 5) is 14.9. The molecular weight excluding hydrogens is 250 g/mol. The van der Waals surface area contributed by atoms with E-state index in [9.17, 15) is 4.79 Å². The monoisotopic (exact) mass is 271 g/mol. The molecule has 1 saturated carbocycles. The van der Waals surface area contributed by atoms with Gasteiger partial charge in [0, 0.05) is 37.3 Å². The van der Waals surface area contributed by atoms with E-state index in [-0.39, 0.29) is 11.9 Å². The molecule has 0 spiro atoms. The zero-order valence-corrected chi connectivity index (χ0v) is 11.6. The number of carbonyl (C=O) groups is 1. The van der Waals surface area contributed by atoms with Crippen LogP contribution in [0.5, 0.6) is 0 Å². The van der Waals surface area contributed by atoms with Crippen LogP contribution in [-0.4, -0.2) is 42.0 Å². The van der Waals surface area contributed by atoms with E-state index in [1.54, 1.807) is 0 Å². The van der Waals surface area contributed by atoms with Gasteiger partial charge in [-0.3, -0.25) is 9.69 Å². The van der Waals surface area contributed by atoms with Crippen LogP contribution in [0.2, 0.25) is 0 Å². The number of benzene rings is 1. The molecule has 2 heterocycles. The van der Waals surface area contributed by atoms with Gasteiger partial charge in [-0.15, -0.1) is 0 Å². The van der Waals surface area contributed by atoms with Gasteiger partial charge in [-0.25, -0.2) is 0 Å².